The van der Waals surface area contributed by atoms with Crippen LogP contribution in [0.5, 0.6) is 17.2 Å². The van der Waals surface area contributed by atoms with Crippen LogP contribution in [-0.2, 0) is 10.4 Å². The molecule has 2 rings (SSSR count). The van der Waals surface area contributed by atoms with E-state index in [9.17, 15) is 0 Å². The van der Waals surface area contributed by atoms with Crippen LogP contribution in [0.15, 0.2) is 48.5 Å². The summed E-state index contributed by atoms with van der Waals surface area (Å²) in [6, 6.07) is 12.8. The van der Waals surface area contributed by atoms with Crippen molar-refractivity contribution < 1.29 is 32.8 Å². The molecule has 122 valence electrons. The molecule has 0 unspecified atom stereocenters. The number of phenolic OH excluding ortho intramolecular Hbond substituents is 3. The number of anilines is 1. The average Bonchev–Trinajstić information content (AvgIpc) is 2.42. The summed E-state index contributed by atoms with van der Waals surface area (Å²) in [5, 5.41) is 29.2. The standard InChI is InChI=1S/C7H9NO.C6H6O2.H2O4S/c1-8-6-4-2-3-5-7(6)9;7-5-1-2-6(8)4-3-5;1-5(2,3)4/h2-5,8-9H,1H3;1-4,7-8H;(H2,1,2,3,4). The zero-order valence-corrected chi connectivity index (χ0v) is 12.4. The third kappa shape index (κ3) is 11.3. The van der Waals surface area contributed by atoms with Crippen LogP contribution in [0.4, 0.5) is 5.69 Å². The van der Waals surface area contributed by atoms with Crippen molar-refractivity contribution in [2.24, 2.45) is 0 Å². The van der Waals surface area contributed by atoms with Crippen molar-refractivity contribution in [1.29, 1.82) is 0 Å². The van der Waals surface area contributed by atoms with Gasteiger partial charge < -0.3 is 20.6 Å². The van der Waals surface area contributed by atoms with E-state index < -0.39 is 10.4 Å². The van der Waals surface area contributed by atoms with E-state index in [2.05, 4.69) is 5.32 Å². The highest BCUT2D eigenvalue weighted by Crippen LogP contribution is 2.19. The van der Waals surface area contributed by atoms with Gasteiger partial charge in [-0.25, -0.2) is 0 Å². The van der Waals surface area contributed by atoms with Gasteiger partial charge in [0.15, 0.2) is 0 Å². The van der Waals surface area contributed by atoms with Crippen molar-refractivity contribution in [3.63, 3.8) is 0 Å². The van der Waals surface area contributed by atoms with E-state index in [-0.39, 0.29) is 11.5 Å². The van der Waals surface area contributed by atoms with Crippen molar-refractivity contribution in [1.82, 2.24) is 0 Å². The maximum atomic E-state index is 9.05. The molecule has 0 spiro atoms. The van der Waals surface area contributed by atoms with Gasteiger partial charge in [0, 0.05) is 7.05 Å². The van der Waals surface area contributed by atoms with Crippen LogP contribution in [0.3, 0.4) is 0 Å². The number of hydrogen-bond acceptors (Lipinski definition) is 6. The van der Waals surface area contributed by atoms with Gasteiger partial charge in [-0.2, -0.15) is 8.42 Å². The molecular formula is C13H17NO7S. The van der Waals surface area contributed by atoms with Crippen molar-refractivity contribution in [2.75, 3.05) is 12.4 Å². The topological polar surface area (TPSA) is 147 Å². The largest absolute Gasteiger partial charge is 0.508 e. The lowest BCUT2D eigenvalue weighted by molar-refractivity contribution is 0.381. The molecule has 0 heterocycles. The van der Waals surface area contributed by atoms with Crippen LogP contribution in [0.1, 0.15) is 0 Å². The Balaban J connectivity index is 0.000000315. The highest BCUT2D eigenvalue weighted by atomic mass is 32.3. The van der Waals surface area contributed by atoms with Gasteiger partial charge in [-0.15, -0.1) is 0 Å². The average molecular weight is 331 g/mol. The van der Waals surface area contributed by atoms with E-state index in [0.29, 0.717) is 5.75 Å². The molecule has 8 nitrogen and oxygen atoms in total. The second kappa shape index (κ2) is 9.45. The second-order valence-corrected chi connectivity index (χ2v) is 4.63. The molecule has 0 aliphatic heterocycles. The minimum atomic E-state index is -4.67. The molecule has 0 amide bonds. The Kier molecular flexibility index (Phi) is 8.38. The molecule has 0 aromatic heterocycles. The monoisotopic (exact) mass is 331 g/mol. The van der Waals surface area contributed by atoms with Gasteiger partial charge in [0.1, 0.15) is 17.2 Å². The lowest BCUT2D eigenvalue weighted by atomic mass is 10.3. The Hall–Kier alpha value is -2.49. The molecule has 0 saturated heterocycles. The molecule has 0 aliphatic carbocycles. The lowest BCUT2D eigenvalue weighted by Gasteiger charge is -1.99. The van der Waals surface area contributed by atoms with Crippen LogP contribution >= 0.6 is 0 Å². The summed E-state index contributed by atoms with van der Waals surface area (Å²) in [5.74, 6) is 0.630. The molecule has 0 atom stereocenters. The summed E-state index contributed by atoms with van der Waals surface area (Å²) in [4.78, 5) is 0. The summed E-state index contributed by atoms with van der Waals surface area (Å²) in [5.41, 5.74) is 0.762. The van der Waals surface area contributed by atoms with Gasteiger partial charge in [-0.1, -0.05) is 12.1 Å². The minimum absolute atomic E-state index is 0.169. The van der Waals surface area contributed by atoms with Crippen LogP contribution in [0.25, 0.3) is 0 Å². The van der Waals surface area contributed by atoms with Gasteiger partial charge >= 0.3 is 10.4 Å². The fraction of sp³-hybridized carbons (Fsp3) is 0.0769. The maximum Gasteiger partial charge on any atom is 0.394 e. The Labute approximate surface area is 127 Å². The summed E-state index contributed by atoms with van der Waals surface area (Å²) in [6.45, 7) is 0. The smallest absolute Gasteiger partial charge is 0.394 e. The fourth-order valence-corrected chi connectivity index (χ4v) is 1.14. The van der Waals surface area contributed by atoms with E-state index in [1.807, 2.05) is 12.1 Å². The molecule has 9 heteroatoms. The SMILES string of the molecule is CNc1ccccc1O.O=S(=O)(O)O.Oc1ccc(O)cc1. The predicted molar refractivity (Wildman–Crippen MR) is 81.6 cm³/mol. The summed E-state index contributed by atoms with van der Waals surface area (Å²) in [7, 11) is -2.89. The van der Waals surface area contributed by atoms with Crippen molar-refractivity contribution in [3.05, 3.63) is 48.5 Å². The van der Waals surface area contributed by atoms with Crippen LogP contribution in [0.2, 0.25) is 0 Å². The first kappa shape index (κ1) is 19.5. The second-order valence-electron chi connectivity index (χ2n) is 3.73. The molecule has 0 saturated carbocycles. The number of aromatic hydroxyl groups is 3. The maximum absolute atomic E-state index is 9.05. The number of phenols is 3. The Bertz CT molecular complexity index is 627. The fourth-order valence-electron chi connectivity index (χ4n) is 1.14. The molecule has 0 fully saturated rings. The molecule has 2 aromatic carbocycles. The van der Waals surface area contributed by atoms with Crippen LogP contribution in [-0.4, -0.2) is 39.9 Å². The first-order valence-electron chi connectivity index (χ1n) is 5.77. The van der Waals surface area contributed by atoms with Crippen LogP contribution in [0, 0.1) is 0 Å². The van der Waals surface area contributed by atoms with E-state index in [4.69, 9.17) is 32.8 Å². The molecule has 22 heavy (non-hydrogen) atoms. The van der Waals surface area contributed by atoms with Gasteiger partial charge in [-0.3, -0.25) is 9.11 Å². The number of nitrogens with one attached hydrogen (secondary N) is 1. The van der Waals surface area contributed by atoms with E-state index >= 15 is 0 Å². The van der Waals surface area contributed by atoms with Gasteiger partial charge in [0.2, 0.25) is 0 Å². The first-order chi connectivity index (χ1) is 10.1. The third-order valence-corrected chi connectivity index (χ3v) is 2.02. The Morgan fingerprint density at radius 3 is 1.45 bits per heavy atom. The van der Waals surface area contributed by atoms with E-state index in [1.165, 1.54) is 24.3 Å². The van der Waals surface area contributed by atoms with E-state index in [0.717, 1.165) is 5.69 Å². The quantitative estimate of drug-likeness (QED) is 0.264. The van der Waals surface area contributed by atoms with Gasteiger partial charge in [-0.05, 0) is 36.4 Å². The van der Waals surface area contributed by atoms with Crippen molar-refractivity contribution in [2.45, 2.75) is 0 Å². The minimum Gasteiger partial charge on any atom is -0.508 e. The molecule has 0 radical (unpaired) electrons. The summed E-state index contributed by atoms with van der Waals surface area (Å²) >= 11 is 0. The normalized spacial score (nSPS) is 9.59. The molecule has 0 aliphatic rings. The van der Waals surface area contributed by atoms with Gasteiger partial charge in [0.05, 0.1) is 5.69 Å². The highest BCUT2D eigenvalue weighted by Gasteiger charge is 1.91. The number of para-hydroxylation sites is 2. The van der Waals surface area contributed by atoms with E-state index in [1.54, 1.807) is 19.2 Å². The predicted octanol–water partition coefficient (Wildman–Crippen LogP) is 1.88. The third-order valence-electron chi connectivity index (χ3n) is 2.02. The van der Waals surface area contributed by atoms with Crippen molar-refractivity contribution in [3.8, 4) is 17.2 Å². The Morgan fingerprint density at radius 1 is 0.818 bits per heavy atom. The number of rotatable bonds is 1. The van der Waals surface area contributed by atoms with Crippen molar-refractivity contribution >= 4 is 16.1 Å². The number of benzene rings is 2. The summed E-state index contributed by atoms with van der Waals surface area (Å²) < 4.78 is 31.6. The van der Waals surface area contributed by atoms with Gasteiger partial charge in [0.25, 0.3) is 0 Å². The highest BCUT2D eigenvalue weighted by molar-refractivity contribution is 7.79. The van der Waals surface area contributed by atoms with Crippen LogP contribution < -0.4 is 5.32 Å². The molecule has 0 bridgehead atoms. The summed E-state index contributed by atoms with van der Waals surface area (Å²) in [6.07, 6.45) is 0. The number of hydrogen-bond donors (Lipinski definition) is 6. The molecule has 6 N–H and O–H groups in total. The first-order valence-corrected chi connectivity index (χ1v) is 7.16. The lowest BCUT2D eigenvalue weighted by Crippen LogP contribution is -1.89. The Morgan fingerprint density at radius 2 is 1.18 bits per heavy atom. The molecule has 2 aromatic rings. The molecular weight excluding hydrogens is 314 g/mol. The zero-order valence-electron chi connectivity index (χ0n) is 11.6. The zero-order chi connectivity index (χ0) is 17.2.